The number of aliphatic carboxylic acids is 2. The van der Waals surface area contributed by atoms with Gasteiger partial charge in [0.1, 0.15) is 11.8 Å². The minimum atomic E-state index is -1.99. The Bertz CT molecular complexity index is 312. The minimum absolute atomic E-state index is 0.0382. The van der Waals surface area contributed by atoms with Crippen LogP contribution in [0.4, 0.5) is 4.39 Å². The second-order valence-corrected chi connectivity index (χ2v) is 3.67. The summed E-state index contributed by atoms with van der Waals surface area (Å²) in [7, 11) is 0. The first-order valence-electron chi connectivity index (χ1n) is 5.29. The van der Waals surface area contributed by atoms with E-state index in [2.05, 4.69) is 0 Å². The maximum atomic E-state index is 13.8. The Balaban J connectivity index is 3.03. The summed E-state index contributed by atoms with van der Waals surface area (Å²) >= 11 is 0. The largest absolute Gasteiger partial charge is 0.481 e. The molecule has 0 spiro atoms. The molecule has 0 aromatic heterocycles. The predicted octanol–water partition coefficient (Wildman–Crippen LogP) is 0.509. The van der Waals surface area contributed by atoms with Crippen molar-refractivity contribution in [2.24, 2.45) is 11.8 Å². The van der Waals surface area contributed by atoms with Gasteiger partial charge in [0.05, 0.1) is 0 Å². The molecule has 1 aliphatic carbocycles. The van der Waals surface area contributed by atoms with Gasteiger partial charge in [0.25, 0.3) is 0 Å². The molecule has 3 atom stereocenters. The van der Waals surface area contributed by atoms with Crippen molar-refractivity contribution in [1.29, 1.82) is 0 Å². The Hall–Kier alpha value is -1.21. The highest BCUT2D eigenvalue weighted by molar-refractivity contribution is 5.84. The SMILES string of the molecule is CCOC1(OCC)[C@H](F)[C@@H](C(=O)O)[C@@H]1C(=O)O. The molecule has 6 nitrogen and oxygen atoms in total. The van der Waals surface area contributed by atoms with Crippen molar-refractivity contribution in [1.82, 2.24) is 0 Å². The van der Waals surface area contributed by atoms with Crippen molar-refractivity contribution >= 4 is 11.9 Å². The topological polar surface area (TPSA) is 93.1 Å². The first kappa shape index (κ1) is 13.9. The molecule has 7 heteroatoms. The first-order chi connectivity index (χ1) is 7.92. The molecule has 1 aliphatic rings. The third kappa shape index (κ3) is 2.00. The van der Waals surface area contributed by atoms with Gasteiger partial charge in [0.2, 0.25) is 5.79 Å². The summed E-state index contributed by atoms with van der Waals surface area (Å²) in [6.45, 7) is 3.19. The molecule has 1 rings (SSSR count). The molecule has 0 saturated heterocycles. The van der Waals surface area contributed by atoms with Crippen molar-refractivity contribution in [3.63, 3.8) is 0 Å². The van der Waals surface area contributed by atoms with Gasteiger partial charge in [-0.15, -0.1) is 0 Å². The average Bonchev–Trinajstić information content (AvgIpc) is 2.23. The van der Waals surface area contributed by atoms with E-state index < -0.39 is 35.7 Å². The van der Waals surface area contributed by atoms with E-state index >= 15 is 0 Å². The highest BCUT2D eigenvalue weighted by atomic mass is 19.1. The van der Waals surface area contributed by atoms with Gasteiger partial charge in [-0.1, -0.05) is 0 Å². The highest BCUT2D eigenvalue weighted by Gasteiger charge is 2.71. The van der Waals surface area contributed by atoms with E-state index in [-0.39, 0.29) is 13.2 Å². The van der Waals surface area contributed by atoms with E-state index in [0.717, 1.165) is 0 Å². The first-order valence-corrected chi connectivity index (χ1v) is 5.29. The van der Waals surface area contributed by atoms with Crippen molar-refractivity contribution < 1.29 is 33.7 Å². The normalized spacial score (nSPS) is 30.6. The molecule has 98 valence electrons. The van der Waals surface area contributed by atoms with Gasteiger partial charge in [-0.25, -0.2) is 4.39 Å². The lowest BCUT2D eigenvalue weighted by Crippen LogP contribution is -2.71. The zero-order valence-electron chi connectivity index (χ0n) is 9.55. The number of alkyl halides is 1. The van der Waals surface area contributed by atoms with Crippen LogP contribution in [0.5, 0.6) is 0 Å². The summed E-state index contributed by atoms with van der Waals surface area (Å²) in [6, 6.07) is 0. The number of carbonyl (C=O) groups is 2. The van der Waals surface area contributed by atoms with Gasteiger partial charge >= 0.3 is 11.9 Å². The fourth-order valence-corrected chi connectivity index (χ4v) is 2.15. The number of carboxylic acid groups (broad SMARTS) is 2. The Morgan fingerprint density at radius 3 is 1.94 bits per heavy atom. The second-order valence-electron chi connectivity index (χ2n) is 3.67. The van der Waals surface area contributed by atoms with Crippen LogP contribution in [0.25, 0.3) is 0 Å². The number of rotatable bonds is 6. The molecular weight excluding hydrogens is 235 g/mol. The predicted molar refractivity (Wildman–Crippen MR) is 53.1 cm³/mol. The molecule has 0 aromatic carbocycles. The van der Waals surface area contributed by atoms with E-state index in [1.807, 2.05) is 0 Å². The monoisotopic (exact) mass is 250 g/mol. The highest BCUT2D eigenvalue weighted by Crippen LogP contribution is 2.50. The molecule has 0 heterocycles. The Kier molecular flexibility index (Phi) is 4.05. The molecule has 0 aromatic rings. The lowest BCUT2D eigenvalue weighted by Gasteiger charge is -2.52. The van der Waals surface area contributed by atoms with E-state index in [9.17, 15) is 14.0 Å². The van der Waals surface area contributed by atoms with Gasteiger partial charge in [-0.3, -0.25) is 9.59 Å². The quantitative estimate of drug-likeness (QED) is 0.667. The van der Waals surface area contributed by atoms with Crippen LogP contribution in [0, 0.1) is 11.8 Å². The van der Waals surface area contributed by atoms with E-state index in [0.29, 0.717) is 0 Å². The molecule has 1 saturated carbocycles. The summed E-state index contributed by atoms with van der Waals surface area (Å²) in [4.78, 5) is 21.8. The molecular formula is C10H15FO6. The second kappa shape index (κ2) is 4.97. The molecule has 17 heavy (non-hydrogen) atoms. The van der Waals surface area contributed by atoms with Gasteiger partial charge in [0.15, 0.2) is 6.17 Å². The fraction of sp³-hybridized carbons (Fsp3) is 0.800. The van der Waals surface area contributed by atoms with Crippen LogP contribution in [0.1, 0.15) is 13.8 Å². The number of halogens is 1. The van der Waals surface area contributed by atoms with Crippen LogP contribution < -0.4 is 0 Å². The van der Waals surface area contributed by atoms with Crippen molar-refractivity contribution in [2.75, 3.05) is 13.2 Å². The van der Waals surface area contributed by atoms with Crippen molar-refractivity contribution in [3.05, 3.63) is 0 Å². The number of ether oxygens (including phenoxy) is 2. The van der Waals surface area contributed by atoms with E-state index in [1.165, 1.54) is 0 Å². The Morgan fingerprint density at radius 2 is 1.65 bits per heavy atom. The molecule has 2 N–H and O–H groups in total. The summed E-state index contributed by atoms with van der Waals surface area (Å²) in [5.41, 5.74) is 0. The lowest BCUT2D eigenvalue weighted by atomic mass is 9.65. The lowest BCUT2D eigenvalue weighted by molar-refractivity contribution is -0.354. The van der Waals surface area contributed by atoms with Gasteiger partial charge in [0, 0.05) is 13.2 Å². The third-order valence-electron chi connectivity index (χ3n) is 2.78. The van der Waals surface area contributed by atoms with Gasteiger partial charge in [-0.05, 0) is 13.8 Å². The molecule has 0 aliphatic heterocycles. The van der Waals surface area contributed by atoms with Crippen LogP contribution in [0.15, 0.2) is 0 Å². The molecule has 0 amide bonds. The smallest absolute Gasteiger partial charge is 0.313 e. The molecule has 1 fully saturated rings. The standard InChI is InChI=1S/C10H15FO6/c1-3-16-10(17-4-2)6(9(14)15)5(7(10)11)8(12)13/h5-7H,3-4H2,1-2H3,(H,12,13)(H,14,15)/t5-,6+,7+/m0/s1. The van der Waals surface area contributed by atoms with Crippen LogP contribution in [-0.4, -0.2) is 47.3 Å². The number of carboxylic acids is 2. The van der Waals surface area contributed by atoms with Crippen LogP contribution in [0.3, 0.4) is 0 Å². The minimum Gasteiger partial charge on any atom is -0.481 e. The van der Waals surface area contributed by atoms with Gasteiger partial charge < -0.3 is 19.7 Å². The summed E-state index contributed by atoms with van der Waals surface area (Å²) < 4.78 is 23.9. The zero-order chi connectivity index (χ0) is 13.2. The molecule has 0 unspecified atom stereocenters. The maximum Gasteiger partial charge on any atom is 0.313 e. The number of hydrogen-bond acceptors (Lipinski definition) is 4. The van der Waals surface area contributed by atoms with Crippen molar-refractivity contribution in [3.8, 4) is 0 Å². The maximum absolute atomic E-state index is 13.8. The van der Waals surface area contributed by atoms with E-state index in [1.54, 1.807) is 13.8 Å². The third-order valence-corrected chi connectivity index (χ3v) is 2.78. The fourth-order valence-electron chi connectivity index (χ4n) is 2.15. The number of hydrogen-bond donors (Lipinski definition) is 2. The summed E-state index contributed by atoms with van der Waals surface area (Å²) in [5.74, 6) is -8.08. The van der Waals surface area contributed by atoms with Crippen LogP contribution in [0.2, 0.25) is 0 Å². The van der Waals surface area contributed by atoms with Crippen LogP contribution in [-0.2, 0) is 19.1 Å². The zero-order valence-corrected chi connectivity index (χ0v) is 9.55. The summed E-state index contributed by atoms with van der Waals surface area (Å²) in [5, 5.41) is 17.7. The van der Waals surface area contributed by atoms with Crippen LogP contribution >= 0.6 is 0 Å². The molecule has 0 radical (unpaired) electrons. The Labute approximate surface area is 97.3 Å². The Morgan fingerprint density at radius 1 is 1.18 bits per heavy atom. The van der Waals surface area contributed by atoms with E-state index in [4.69, 9.17) is 19.7 Å². The molecule has 0 bridgehead atoms. The van der Waals surface area contributed by atoms with Gasteiger partial charge in [-0.2, -0.15) is 0 Å². The average molecular weight is 250 g/mol. The van der Waals surface area contributed by atoms with Crippen molar-refractivity contribution in [2.45, 2.75) is 25.8 Å². The summed E-state index contributed by atoms with van der Waals surface area (Å²) in [6.07, 6.45) is -1.99.